The molecule has 0 spiro atoms. The van der Waals surface area contributed by atoms with Gasteiger partial charge in [0.1, 0.15) is 23.1 Å². The fourth-order valence-corrected chi connectivity index (χ4v) is 4.23. The second-order valence-corrected chi connectivity index (χ2v) is 8.61. The van der Waals surface area contributed by atoms with Crippen molar-refractivity contribution >= 4 is 11.4 Å². The molecule has 2 atom stereocenters. The van der Waals surface area contributed by atoms with E-state index in [1.807, 2.05) is 12.1 Å². The van der Waals surface area contributed by atoms with Crippen LogP contribution in [0.4, 0.5) is 20.2 Å². The normalized spacial score (nSPS) is 12.7. The molecule has 3 N–H and O–H groups in total. The molecule has 38 heavy (non-hydrogen) atoms. The van der Waals surface area contributed by atoms with E-state index in [9.17, 15) is 23.5 Å². The van der Waals surface area contributed by atoms with Crippen molar-refractivity contribution in [3.8, 4) is 23.0 Å². The molecule has 0 aromatic heterocycles. The lowest BCUT2D eigenvalue weighted by atomic mass is 9.95. The average Bonchev–Trinajstić information content (AvgIpc) is 2.92. The standard InChI is InChI=1S/C28H26F2N2O6/c1-14(16-9-18(29)13-19(30)10-16)31-23(15-5-7-20(36-2)8-6-15)17-11-21(28(38-4)22(12-17)37-3)32-24-25(33)27(35)26(24)34/h5-14,23,31-33H,1-4H3. The van der Waals surface area contributed by atoms with Crippen molar-refractivity contribution in [1.82, 2.24) is 5.32 Å². The monoisotopic (exact) mass is 524 g/mol. The van der Waals surface area contributed by atoms with Gasteiger partial charge in [-0.15, -0.1) is 0 Å². The predicted octanol–water partition coefficient (Wildman–Crippen LogP) is 4.48. The van der Waals surface area contributed by atoms with Crippen LogP contribution in [0, 0.1) is 11.6 Å². The van der Waals surface area contributed by atoms with Gasteiger partial charge in [0.2, 0.25) is 0 Å². The van der Waals surface area contributed by atoms with Crippen molar-refractivity contribution in [3.05, 3.63) is 103 Å². The molecule has 4 aromatic carbocycles. The Hall–Kier alpha value is -4.44. The molecule has 4 aromatic rings. The molecule has 8 nitrogen and oxygen atoms in total. The summed E-state index contributed by atoms with van der Waals surface area (Å²) in [7, 11) is 4.40. The Balaban J connectivity index is 1.82. The zero-order valence-corrected chi connectivity index (χ0v) is 21.1. The van der Waals surface area contributed by atoms with Gasteiger partial charge in [-0.3, -0.25) is 14.9 Å². The van der Waals surface area contributed by atoms with E-state index >= 15 is 0 Å². The highest BCUT2D eigenvalue weighted by Crippen LogP contribution is 2.42. The maximum Gasteiger partial charge on any atom is 0.271 e. The number of aromatic hydroxyl groups is 1. The molecular weight excluding hydrogens is 498 g/mol. The van der Waals surface area contributed by atoms with Crippen LogP contribution in [-0.2, 0) is 0 Å². The lowest BCUT2D eigenvalue weighted by Crippen LogP contribution is -2.32. The number of benzene rings is 3. The molecule has 0 aliphatic rings. The van der Waals surface area contributed by atoms with Gasteiger partial charge < -0.3 is 24.6 Å². The van der Waals surface area contributed by atoms with E-state index in [1.54, 1.807) is 38.3 Å². The van der Waals surface area contributed by atoms with Crippen LogP contribution in [0.5, 0.6) is 23.0 Å². The highest BCUT2D eigenvalue weighted by molar-refractivity contribution is 5.76. The van der Waals surface area contributed by atoms with Gasteiger partial charge in [0.15, 0.2) is 17.2 Å². The van der Waals surface area contributed by atoms with Crippen LogP contribution in [0.2, 0.25) is 0 Å². The number of nitrogens with one attached hydrogen (secondary N) is 2. The summed E-state index contributed by atoms with van der Waals surface area (Å²) in [4.78, 5) is 23.5. The first-order chi connectivity index (χ1) is 18.2. The van der Waals surface area contributed by atoms with Gasteiger partial charge in [-0.2, -0.15) is 0 Å². The Morgan fingerprint density at radius 2 is 1.45 bits per heavy atom. The molecule has 0 amide bonds. The van der Waals surface area contributed by atoms with Crippen LogP contribution in [0.3, 0.4) is 0 Å². The maximum absolute atomic E-state index is 13.9. The average molecular weight is 525 g/mol. The van der Waals surface area contributed by atoms with E-state index in [-0.39, 0.29) is 17.1 Å². The lowest BCUT2D eigenvalue weighted by Gasteiger charge is -2.27. The second kappa shape index (κ2) is 10.9. The van der Waals surface area contributed by atoms with Gasteiger partial charge in [-0.05, 0) is 60.0 Å². The first-order valence-corrected chi connectivity index (χ1v) is 11.6. The predicted molar refractivity (Wildman–Crippen MR) is 139 cm³/mol. The Kier molecular flexibility index (Phi) is 7.63. The molecule has 198 valence electrons. The molecule has 0 aliphatic carbocycles. The molecule has 0 saturated carbocycles. The fraction of sp³-hybridized carbons (Fsp3) is 0.214. The van der Waals surface area contributed by atoms with Crippen LogP contribution >= 0.6 is 0 Å². The Bertz CT molecular complexity index is 1510. The van der Waals surface area contributed by atoms with Crippen molar-refractivity contribution in [3.63, 3.8) is 0 Å². The van der Waals surface area contributed by atoms with Crippen LogP contribution in [0.25, 0.3) is 0 Å². The Labute approximate surface area is 217 Å². The summed E-state index contributed by atoms with van der Waals surface area (Å²) in [5.41, 5.74) is -0.0431. The number of anilines is 2. The summed E-state index contributed by atoms with van der Waals surface area (Å²) in [6.07, 6.45) is 0. The largest absolute Gasteiger partial charge is 0.502 e. The number of hydrogen-bond donors (Lipinski definition) is 3. The van der Waals surface area contributed by atoms with Crippen molar-refractivity contribution in [2.75, 3.05) is 26.6 Å². The first-order valence-electron chi connectivity index (χ1n) is 11.6. The fourth-order valence-electron chi connectivity index (χ4n) is 4.23. The van der Waals surface area contributed by atoms with Crippen molar-refractivity contribution in [1.29, 1.82) is 0 Å². The maximum atomic E-state index is 13.9. The SMILES string of the molecule is COc1ccc(C(NC(C)c2cc(F)cc(F)c2)c2cc(Nc3c(O)c(=O)c3=O)c(OC)c(OC)c2)cc1. The Morgan fingerprint density at radius 1 is 0.789 bits per heavy atom. The molecule has 0 saturated heterocycles. The third-order valence-electron chi connectivity index (χ3n) is 6.23. The summed E-state index contributed by atoms with van der Waals surface area (Å²) in [5, 5.41) is 16.1. The minimum Gasteiger partial charge on any atom is -0.502 e. The van der Waals surface area contributed by atoms with E-state index in [1.165, 1.54) is 26.4 Å². The molecule has 10 heteroatoms. The minimum atomic E-state index is -0.983. The molecule has 0 aliphatic heterocycles. The number of rotatable bonds is 10. The lowest BCUT2D eigenvalue weighted by molar-refractivity contribution is 0.355. The summed E-state index contributed by atoms with van der Waals surface area (Å²) in [5.74, 6) is -0.890. The van der Waals surface area contributed by atoms with E-state index in [2.05, 4.69) is 10.6 Å². The van der Waals surface area contributed by atoms with Gasteiger partial charge in [-0.1, -0.05) is 12.1 Å². The topological polar surface area (TPSA) is 106 Å². The van der Waals surface area contributed by atoms with E-state index in [0.29, 0.717) is 22.6 Å². The highest BCUT2D eigenvalue weighted by atomic mass is 19.1. The van der Waals surface area contributed by atoms with E-state index < -0.39 is 40.3 Å². The zero-order chi connectivity index (χ0) is 27.6. The number of halogens is 2. The summed E-state index contributed by atoms with van der Waals surface area (Å²) < 4.78 is 44.2. The molecule has 0 fully saturated rings. The molecule has 0 heterocycles. The highest BCUT2D eigenvalue weighted by Gasteiger charge is 2.26. The van der Waals surface area contributed by atoms with E-state index in [0.717, 1.165) is 11.6 Å². The summed E-state index contributed by atoms with van der Waals surface area (Å²) in [6, 6.07) is 12.9. The van der Waals surface area contributed by atoms with Crippen LogP contribution in [0.15, 0.2) is 64.2 Å². The van der Waals surface area contributed by atoms with Crippen LogP contribution in [0.1, 0.15) is 35.7 Å². The van der Waals surface area contributed by atoms with Gasteiger partial charge in [0, 0.05) is 12.1 Å². The molecule has 2 unspecified atom stereocenters. The molecular formula is C28H26F2N2O6. The molecule has 4 rings (SSSR count). The van der Waals surface area contributed by atoms with Gasteiger partial charge in [-0.25, -0.2) is 8.78 Å². The van der Waals surface area contributed by atoms with E-state index in [4.69, 9.17) is 14.2 Å². The third-order valence-corrected chi connectivity index (χ3v) is 6.23. The molecule has 0 radical (unpaired) electrons. The number of methoxy groups -OCH3 is 3. The Morgan fingerprint density at radius 3 is 2.00 bits per heavy atom. The first kappa shape index (κ1) is 26.6. The quantitative estimate of drug-likeness (QED) is 0.261. The number of ether oxygens (including phenoxy) is 3. The molecule has 0 bridgehead atoms. The second-order valence-electron chi connectivity index (χ2n) is 8.61. The smallest absolute Gasteiger partial charge is 0.271 e. The summed E-state index contributed by atoms with van der Waals surface area (Å²) >= 11 is 0. The zero-order valence-electron chi connectivity index (χ0n) is 21.1. The van der Waals surface area contributed by atoms with Crippen molar-refractivity contribution in [2.24, 2.45) is 0 Å². The third kappa shape index (κ3) is 5.16. The van der Waals surface area contributed by atoms with Crippen LogP contribution < -0.4 is 35.7 Å². The van der Waals surface area contributed by atoms with Crippen molar-refractivity contribution in [2.45, 2.75) is 19.0 Å². The number of hydrogen-bond acceptors (Lipinski definition) is 8. The van der Waals surface area contributed by atoms with Crippen LogP contribution in [-0.4, -0.2) is 26.4 Å². The van der Waals surface area contributed by atoms with Crippen molar-refractivity contribution < 1.29 is 28.1 Å². The van der Waals surface area contributed by atoms with Gasteiger partial charge in [0.05, 0.1) is 33.1 Å². The van der Waals surface area contributed by atoms with Gasteiger partial charge >= 0.3 is 0 Å². The minimum absolute atomic E-state index is 0.234. The summed E-state index contributed by atoms with van der Waals surface area (Å²) in [6.45, 7) is 1.77. The van der Waals surface area contributed by atoms with Gasteiger partial charge in [0.25, 0.3) is 10.9 Å².